The molecule has 0 saturated carbocycles. The maximum Gasteiger partial charge on any atom is 0.315 e. The largest absolute Gasteiger partial charge is 0.465 e. The zero-order chi connectivity index (χ0) is 26.7. The molecule has 0 aliphatic rings. The van der Waals surface area contributed by atoms with Crippen LogP contribution in [0.2, 0.25) is 0 Å². The lowest BCUT2D eigenvalue weighted by molar-refractivity contribution is -0.140. The summed E-state index contributed by atoms with van der Waals surface area (Å²) in [6.07, 6.45) is 28.7. The first-order valence-electron chi connectivity index (χ1n) is 15.8. The normalized spacial score (nSPS) is 11.7. The molecule has 0 N–H and O–H groups in total. The van der Waals surface area contributed by atoms with Crippen LogP contribution < -0.4 is 0 Å². The number of hydrogen-bond acceptors (Lipinski definition) is 4. The molecule has 214 valence electrons. The molecular formula is C32H62O3S. The summed E-state index contributed by atoms with van der Waals surface area (Å²) in [5, 5.41) is 0. The number of thiol groups is 1. The van der Waals surface area contributed by atoms with E-state index in [1.54, 1.807) is 0 Å². The van der Waals surface area contributed by atoms with Crippen molar-refractivity contribution in [1.29, 1.82) is 0 Å². The van der Waals surface area contributed by atoms with Crippen LogP contribution in [0, 0.1) is 5.41 Å². The van der Waals surface area contributed by atoms with E-state index in [1.165, 1.54) is 116 Å². The highest BCUT2D eigenvalue weighted by molar-refractivity contribution is 7.81. The molecule has 0 fully saturated rings. The quantitative estimate of drug-likeness (QED) is 0.0626. The van der Waals surface area contributed by atoms with Crippen LogP contribution in [0.4, 0.5) is 0 Å². The van der Waals surface area contributed by atoms with Gasteiger partial charge in [0.1, 0.15) is 5.78 Å². The van der Waals surface area contributed by atoms with E-state index < -0.39 is 0 Å². The minimum absolute atomic E-state index is 0.146. The fourth-order valence-electron chi connectivity index (χ4n) is 5.44. The molecule has 0 aliphatic heterocycles. The lowest BCUT2D eigenvalue weighted by Gasteiger charge is -2.35. The summed E-state index contributed by atoms with van der Waals surface area (Å²) in [4.78, 5) is 24.4. The Labute approximate surface area is 231 Å². The van der Waals surface area contributed by atoms with Crippen molar-refractivity contribution in [2.75, 3.05) is 12.4 Å². The van der Waals surface area contributed by atoms with Crippen LogP contribution in [0.15, 0.2) is 0 Å². The zero-order valence-electron chi connectivity index (χ0n) is 24.6. The number of Topliss-reactive ketones (excluding diaryl/α,β-unsaturated/α-hetero) is 1. The van der Waals surface area contributed by atoms with Crippen LogP contribution in [0.1, 0.15) is 175 Å². The molecule has 0 radical (unpaired) electrons. The standard InChI is InChI=1S/C32H62O3S/c1-4-7-10-13-16-19-24-32(25-20-17-14-11-8-5-2,26-21-28-35-31(34)29-36)27-23-30(33)22-18-15-12-9-6-3/h36H,4-29H2,1-3H3. The first kappa shape index (κ1) is 35.5. The average Bonchev–Trinajstić information content (AvgIpc) is 2.89. The summed E-state index contributed by atoms with van der Waals surface area (Å²) in [5.74, 6) is 0.380. The molecule has 0 saturated heterocycles. The van der Waals surface area contributed by atoms with E-state index in [0.717, 1.165) is 38.5 Å². The number of ketones is 1. The number of ether oxygens (including phenoxy) is 1. The van der Waals surface area contributed by atoms with Gasteiger partial charge in [0.15, 0.2) is 0 Å². The van der Waals surface area contributed by atoms with E-state index in [2.05, 4.69) is 33.4 Å². The topological polar surface area (TPSA) is 43.4 Å². The molecule has 0 amide bonds. The van der Waals surface area contributed by atoms with E-state index >= 15 is 0 Å². The van der Waals surface area contributed by atoms with Gasteiger partial charge in [0.05, 0.1) is 12.4 Å². The van der Waals surface area contributed by atoms with Gasteiger partial charge in [-0.25, -0.2) is 0 Å². The van der Waals surface area contributed by atoms with Gasteiger partial charge >= 0.3 is 5.97 Å². The summed E-state index contributed by atoms with van der Waals surface area (Å²) in [5.41, 5.74) is 0.223. The molecule has 0 atom stereocenters. The van der Waals surface area contributed by atoms with E-state index in [-0.39, 0.29) is 17.1 Å². The Hall–Kier alpha value is -0.510. The average molecular weight is 527 g/mol. The Morgan fingerprint density at radius 3 is 1.50 bits per heavy atom. The number of unbranched alkanes of at least 4 members (excludes halogenated alkanes) is 14. The van der Waals surface area contributed by atoms with Gasteiger partial charge in [0.25, 0.3) is 0 Å². The molecule has 36 heavy (non-hydrogen) atoms. The minimum Gasteiger partial charge on any atom is -0.465 e. The molecule has 4 heteroatoms. The molecule has 3 nitrogen and oxygen atoms in total. The summed E-state index contributed by atoms with van der Waals surface area (Å²) in [7, 11) is 0. The van der Waals surface area contributed by atoms with Crippen LogP contribution in [-0.4, -0.2) is 24.1 Å². The maximum absolute atomic E-state index is 12.8. The van der Waals surface area contributed by atoms with Crippen LogP contribution in [0.5, 0.6) is 0 Å². The number of carbonyl (C=O) groups excluding carboxylic acids is 2. The van der Waals surface area contributed by atoms with Crippen molar-refractivity contribution in [3.05, 3.63) is 0 Å². The van der Waals surface area contributed by atoms with Crippen LogP contribution in [-0.2, 0) is 14.3 Å². The summed E-state index contributed by atoms with van der Waals surface area (Å²) in [6, 6.07) is 0. The van der Waals surface area contributed by atoms with Crippen molar-refractivity contribution in [3.63, 3.8) is 0 Å². The second kappa shape index (κ2) is 26.1. The van der Waals surface area contributed by atoms with Crippen molar-refractivity contribution >= 4 is 24.4 Å². The lowest BCUT2D eigenvalue weighted by atomic mass is 9.71. The van der Waals surface area contributed by atoms with Crippen molar-refractivity contribution in [3.8, 4) is 0 Å². The molecule has 0 aromatic rings. The van der Waals surface area contributed by atoms with Gasteiger partial charge in [0, 0.05) is 12.8 Å². The maximum atomic E-state index is 12.8. The van der Waals surface area contributed by atoms with Crippen LogP contribution in [0.25, 0.3) is 0 Å². The third-order valence-corrected chi connectivity index (χ3v) is 8.12. The van der Waals surface area contributed by atoms with Gasteiger partial charge < -0.3 is 4.74 Å². The molecule has 0 spiro atoms. The Kier molecular flexibility index (Phi) is 25.7. The van der Waals surface area contributed by atoms with Crippen LogP contribution >= 0.6 is 12.6 Å². The van der Waals surface area contributed by atoms with Gasteiger partial charge in [-0.2, -0.15) is 12.6 Å². The van der Waals surface area contributed by atoms with E-state index in [4.69, 9.17) is 4.74 Å². The highest BCUT2D eigenvalue weighted by Crippen LogP contribution is 2.41. The van der Waals surface area contributed by atoms with E-state index in [1.807, 2.05) is 0 Å². The summed E-state index contributed by atoms with van der Waals surface area (Å²) < 4.78 is 5.36. The molecule has 0 aliphatic carbocycles. The second-order valence-corrected chi connectivity index (χ2v) is 11.5. The smallest absolute Gasteiger partial charge is 0.315 e. The van der Waals surface area contributed by atoms with E-state index in [9.17, 15) is 9.59 Å². The monoisotopic (exact) mass is 526 g/mol. The predicted molar refractivity (Wildman–Crippen MR) is 160 cm³/mol. The number of esters is 1. The van der Waals surface area contributed by atoms with E-state index in [0.29, 0.717) is 12.4 Å². The van der Waals surface area contributed by atoms with Crippen molar-refractivity contribution < 1.29 is 14.3 Å². The highest BCUT2D eigenvalue weighted by Gasteiger charge is 2.29. The lowest BCUT2D eigenvalue weighted by Crippen LogP contribution is -2.24. The number of rotatable bonds is 28. The van der Waals surface area contributed by atoms with Gasteiger partial charge in [-0.05, 0) is 43.9 Å². The van der Waals surface area contributed by atoms with Crippen LogP contribution in [0.3, 0.4) is 0 Å². The molecule has 0 aromatic heterocycles. The van der Waals surface area contributed by atoms with Gasteiger partial charge in [0.2, 0.25) is 0 Å². The first-order valence-corrected chi connectivity index (χ1v) is 16.4. The SMILES string of the molecule is CCCCCCCCC(CCCCCCCC)(CCCOC(=O)CS)CCC(=O)CCCCCCC. The Bertz CT molecular complexity index is 490. The Morgan fingerprint density at radius 2 is 1.00 bits per heavy atom. The number of hydrogen-bond donors (Lipinski definition) is 1. The fourth-order valence-corrected chi connectivity index (χ4v) is 5.54. The highest BCUT2D eigenvalue weighted by atomic mass is 32.1. The molecule has 0 aromatic carbocycles. The third kappa shape index (κ3) is 21.6. The molecule has 0 unspecified atom stereocenters. The zero-order valence-corrected chi connectivity index (χ0v) is 25.5. The number of carbonyl (C=O) groups is 2. The minimum atomic E-state index is -0.228. The van der Waals surface area contributed by atoms with Gasteiger partial charge in [-0.15, -0.1) is 0 Å². The van der Waals surface area contributed by atoms with Gasteiger partial charge in [-0.3, -0.25) is 9.59 Å². The molecule has 0 bridgehead atoms. The Morgan fingerprint density at radius 1 is 0.556 bits per heavy atom. The van der Waals surface area contributed by atoms with Crippen molar-refractivity contribution in [2.24, 2.45) is 5.41 Å². The fraction of sp³-hybridized carbons (Fsp3) is 0.938. The molecule has 0 rings (SSSR count). The van der Waals surface area contributed by atoms with Gasteiger partial charge in [-0.1, -0.05) is 124 Å². The summed E-state index contributed by atoms with van der Waals surface area (Å²) >= 11 is 4.03. The third-order valence-electron chi connectivity index (χ3n) is 7.86. The molecular weight excluding hydrogens is 464 g/mol. The Balaban J connectivity index is 5.00. The van der Waals surface area contributed by atoms with Crippen molar-refractivity contribution in [1.82, 2.24) is 0 Å². The molecule has 0 heterocycles. The summed E-state index contributed by atoms with van der Waals surface area (Å²) in [6.45, 7) is 7.26. The first-order chi connectivity index (χ1) is 17.5. The van der Waals surface area contributed by atoms with Crippen molar-refractivity contribution in [2.45, 2.75) is 175 Å². The second-order valence-electron chi connectivity index (χ2n) is 11.2. The predicted octanol–water partition coefficient (Wildman–Crippen LogP) is 10.4.